The summed E-state index contributed by atoms with van der Waals surface area (Å²) < 4.78 is 16.0. The molecule has 190 valence electrons. The zero-order chi connectivity index (χ0) is 25.5. The van der Waals surface area contributed by atoms with E-state index in [9.17, 15) is 5.26 Å². The van der Waals surface area contributed by atoms with Gasteiger partial charge in [0.2, 0.25) is 0 Å². The van der Waals surface area contributed by atoms with Gasteiger partial charge in [0.05, 0.1) is 49.6 Å². The second-order valence-electron chi connectivity index (χ2n) is 9.51. The molecule has 6 heterocycles. The van der Waals surface area contributed by atoms with Gasteiger partial charge >= 0.3 is 0 Å². The van der Waals surface area contributed by atoms with Crippen LogP contribution in [0.25, 0.3) is 16.8 Å². The number of hydrogen-bond acceptors (Lipinski definition) is 9. The van der Waals surface area contributed by atoms with Gasteiger partial charge in [-0.25, -0.2) is 14.2 Å². The highest BCUT2D eigenvalue weighted by Gasteiger charge is 2.31. The van der Waals surface area contributed by atoms with Gasteiger partial charge in [-0.3, -0.25) is 9.88 Å². The number of piperidine rings is 1. The number of rotatable bonds is 6. The van der Waals surface area contributed by atoms with Crippen molar-refractivity contribution in [2.24, 2.45) is 0 Å². The molecule has 2 fully saturated rings. The van der Waals surface area contributed by atoms with E-state index < -0.39 is 6.10 Å². The molecule has 0 saturated carbocycles. The van der Waals surface area contributed by atoms with E-state index in [1.54, 1.807) is 23.1 Å². The molecule has 0 aliphatic carbocycles. The highest BCUT2D eigenvalue weighted by Crippen LogP contribution is 2.34. The van der Waals surface area contributed by atoms with Crippen LogP contribution in [0.5, 0.6) is 5.75 Å². The number of nitriles is 1. The van der Waals surface area contributed by atoms with Crippen molar-refractivity contribution in [1.29, 1.82) is 5.26 Å². The van der Waals surface area contributed by atoms with Crippen molar-refractivity contribution >= 4 is 21.4 Å². The highest BCUT2D eigenvalue weighted by atomic mass is 79.9. The first-order valence-corrected chi connectivity index (χ1v) is 13.1. The van der Waals surface area contributed by atoms with Crippen LogP contribution in [0.15, 0.2) is 35.5 Å². The van der Waals surface area contributed by atoms with Crippen LogP contribution in [0.1, 0.15) is 48.9 Å². The summed E-state index contributed by atoms with van der Waals surface area (Å²) in [6, 6.07) is 4.98. The van der Waals surface area contributed by atoms with Crippen LogP contribution in [0.3, 0.4) is 0 Å². The summed E-state index contributed by atoms with van der Waals surface area (Å²) in [6.07, 6.45) is 8.35. The van der Waals surface area contributed by atoms with E-state index in [0.717, 1.165) is 56.1 Å². The monoisotopic (exact) mass is 563 g/mol. The molecule has 4 aromatic rings. The molecule has 0 N–H and O–H groups in total. The molecule has 1 atom stereocenters. The smallest absolute Gasteiger partial charge is 0.148 e. The first kappa shape index (κ1) is 24.0. The summed E-state index contributed by atoms with van der Waals surface area (Å²) in [6.45, 7) is 7.71. The fraction of sp³-hybridized carbons (Fsp3) is 0.440. The highest BCUT2D eigenvalue weighted by molar-refractivity contribution is 9.10. The molecule has 6 rings (SSSR count). The maximum absolute atomic E-state index is 9.66. The predicted octanol–water partition coefficient (Wildman–Crippen LogP) is 3.50. The second kappa shape index (κ2) is 9.81. The normalized spacial score (nSPS) is 18.0. The van der Waals surface area contributed by atoms with Crippen molar-refractivity contribution in [3.05, 3.63) is 52.4 Å². The molecule has 1 unspecified atom stereocenters. The van der Waals surface area contributed by atoms with Gasteiger partial charge < -0.3 is 9.47 Å². The molecule has 0 radical (unpaired) electrons. The molecule has 0 bridgehead atoms. The van der Waals surface area contributed by atoms with Gasteiger partial charge in [-0.2, -0.15) is 10.4 Å². The lowest BCUT2D eigenvalue weighted by atomic mass is 10.0. The molecular formula is C25H26BrN9O2. The van der Waals surface area contributed by atoms with Gasteiger partial charge in [-0.15, -0.1) is 5.10 Å². The van der Waals surface area contributed by atoms with E-state index in [1.165, 1.54) is 0 Å². The van der Waals surface area contributed by atoms with Crippen LogP contribution in [0.4, 0.5) is 0 Å². The molecule has 11 nitrogen and oxygen atoms in total. The Balaban J connectivity index is 1.31. The fourth-order valence-corrected chi connectivity index (χ4v) is 5.40. The Bertz CT molecular complexity index is 1480. The minimum Gasteiger partial charge on any atom is -0.482 e. The zero-order valence-corrected chi connectivity index (χ0v) is 22.2. The van der Waals surface area contributed by atoms with Crippen molar-refractivity contribution in [2.45, 2.75) is 44.9 Å². The van der Waals surface area contributed by atoms with Crippen LogP contribution in [0, 0.1) is 18.3 Å². The van der Waals surface area contributed by atoms with Crippen LogP contribution >= 0.6 is 15.9 Å². The number of fused-ring (bicyclic) bond motifs is 1. The predicted molar refractivity (Wildman–Crippen MR) is 137 cm³/mol. The van der Waals surface area contributed by atoms with Gasteiger partial charge in [-0.05, 0) is 48.7 Å². The Morgan fingerprint density at radius 3 is 2.70 bits per heavy atom. The zero-order valence-electron chi connectivity index (χ0n) is 20.6. The minimum atomic E-state index is -0.409. The quantitative estimate of drug-likeness (QED) is 0.347. The second-order valence-corrected chi connectivity index (χ2v) is 10.3. The third-order valence-electron chi connectivity index (χ3n) is 7.22. The van der Waals surface area contributed by atoms with Crippen molar-refractivity contribution in [3.8, 4) is 23.1 Å². The van der Waals surface area contributed by atoms with Crippen molar-refractivity contribution in [2.75, 3.05) is 26.3 Å². The maximum atomic E-state index is 9.66. The maximum Gasteiger partial charge on any atom is 0.148 e. The van der Waals surface area contributed by atoms with Gasteiger partial charge in [0.25, 0.3) is 0 Å². The Labute approximate surface area is 222 Å². The summed E-state index contributed by atoms with van der Waals surface area (Å²) in [5.74, 6) is 0.519. The molecule has 2 saturated heterocycles. The average Bonchev–Trinajstić information content (AvgIpc) is 3.47. The fourth-order valence-electron chi connectivity index (χ4n) is 5.07. The Morgan fingerprint density at radius 2 is 2.00 bits per heavy atom. The molecule has 0 aromatic carbocycles. The summed E-state index contributed by atoms with van der Waals surface area (Å²) in [5, 5.41) is 23.2. The van der Waals surface area contributed by atoms with Crippen LogP contribution < -0.4 is 4.74 Å². The Morgan fingerprint density at radius 1 is 1.19 bits per heavy atom. The van der Waals surface area contributed by atoms with Crippen LogP contribution in [-0.4, -0.2) is 71.8 Å². The topological polar surface area (TPSA) is 119 Å². The third kappa shape index (κ3) is 4.47. The Hall–Kier alpha value is -3.40. The number of likely N-dealkylation sites (tertiary alicyclic amines) is 1. The molecule has 2 aliphatic rings. The van der Waals surface area contributed by atoms with Crippen LogP contribution in [0.2, 0.25) is 0 Å². The molecule has 12 heteroatoms. The lowest BCUT2D eigenvalue weighted by molar-refractivity contribution is -0.0735. The Kier molecular flexibility index (Phi) is 6.36. The summed E-state index contributed by atoms with van der Waals surface area (Å²) in [4.78, 5) is 11.2. The number of halogens is 1. The van der Waals surface area contributed by atoms with Crippen molar-refractivity contribution in [3.63, 3.8) is 0 Å². The number of nitrogens with zero attached hydrogens (tertiary/aromatic N) is 9. The van der Waals surface area contributed by atoms with E-state index in [2.05, 4.69) is 63.9 Å². The first-order chi connectivity index (χ1) is 18.0. The number of ether oxygens (including phenoxy) is 2. The lowest BCUT2D eigenvalue weighted by Gasteiger charge is -2.41. The molecular weight excluding hydrogens is 538 g/mol. The van der Waals surface area contributed by atoms with Gasteiger partial charge in [0.1, 0.15) is 45.0 Å². The lowest BCUT2D eigenvalue weighted by Crippen LogP contribution is -2.52. The number of pyridine rings is 1. The van der Waals surface area contributed by atoms with E-state index in [0.29, 0.717) is 39.2 Å². The van der Waals surface area contributed by atoms with Crippen molar-refractivity contribution < 1.29 is 9.47 Å². The van der Waals surface area contributed by atoms with E-state index in [-0.39, 0.29) is 0 Å². The van der Waals surface area contributed by atoms with E-state index in [1.807, 2.05) is 19.2 Å². The molecule has 37 heavy (non-hydrogen) atoms. The molecule has 0 amide bonds. The van der Waals surface area contributed by atoms with E-state index >= 15 is 0 Å². The standard InChI is InChI=1S/C25H26BrN9O2/c1-15-24(31-32-35(15)19-3-5-33(6-4-19)20-13-36-14-20)17-7-22(25-18(8-27)9-29-34(25)12-17)37-16(2)21-10-28-11-23(26)30-21/h7,9-12,16,19-20H,3-6,13-14H2,1-2H3. The van der Waals surface area contributed by atoms with Gasteiger partial charge in [0, 0.05) is 24.8 Å². The SMILES string of the molecule is Cc1c(-c2cc(OC(C)c3cncc(Br)n3)c3c(C#N)cnn3c2)nnn1C1CCN(C2COC2)CC1. The van der Waals surface area contributed by atoms with Gasteiger partial charge in [0.15, 0.2) is 0 Å². The molecule has 2 aliphatic heterocycles. The number of aromatic nitrogens is 7. The first-order valence-electron chi connectivity index (χ1n) is 12.3. The largest absolute Gasteiger partial charge is 0.482 e. The summed E-state index contributed by atoms with van der Waals surface area (Å²) in [7, 11) is 0. The van der Waals surface area contributed by atoms with Crippen LogP contribution in [-0.2, 0) is 4.74 Å². The molecule has 4 aromatic heterocycles. The summed E-state index contributed by atoms with van der Waals surface area (Å²) in [5.41, 5.74) is 4.27. The average molecular weight is 564 g/mol. The van der Waals surface area contributed by atoms with Crippen molar-refractivity contribution in [1.82, 2.24) is 39.5 Å². The number of hydrogen-bond donors (Lipinski definition) is 0. The minimum absolute atomic E-state index is 0.308. The third-order valence-corrected chi connectivity index (χ3v) is 7.61. The molecule has 0 spiro atoms. The summed E-state index contributed by atoms with van der Waals surface area (Å²) >= 11 is 3.36. The van der Waals surface area contributed by atoms with E-state index in [4.69, 9.17) is 9.47 Å². The van der Waals surface area contributed by atoms with Gasteiger partial charge in [-0.1, -0.05) is 5.21 Å².